The second kappa shape index (κ2) is 3.49. The highest BCUT2D eigenvalue weighted by atomic mass is 35.5. The van der Waals surface area contributed by atoms with Crippen molar-refractivity contribution < 1.29 is 4.79 Å². The molecule has 0 unspecified atom stereocenters. The van der Waals surface area contributed by atoms with Gasteiger partial charge in [0, 0.05) is 28.4 Å². The summed E-state index contributed by atoms with van der Waals surface area (Å²) < 4.78 is 0. The van der Waals surface area contributed by atoms with E-state index in [4.69, 9.17) is 5.73 Å². The zero-order chi connectivity index (χ0) is 8.55. The summed E-state index contributed by atoms with van der Waals surface area (Å²) in [5, 5.41) is 0.880. The van der Waals surface area contributed by atoms with Gasteiger partial charge < -0.3 is 10.7 Å². The third kappa shape index (κ3) is 1.51. The van der Waals surface area contributed by atoms with Crippen LogP contribution in [0.1, 0.15) is 10.4 Å². The van der Waals surface area contributed by atoms with Crippen molar-refractivity contribution in [2.75, 3.05) is 5.73 Å². The van der Waals surface area contributed by atoms with E-state index < -0.39 is 0 Å². The van der Waals surface area contributed by atoms with E-state index in [-0.39, 0.29) is 12.4 Å². The largest absolute Gasteiger partial charge is 0.399 e. The van der Waals surface area contributed by atoms with Gasteiger partial charge in [0.2, 0.25) is 0 Å². The lowest BCUT2D eigenvalue weighted by atomic mass is 10.2. The Morgan fingerprint density at radius 2 is 2.15 bits per heavy atom. The first-order valence-electron chi connectivity index (χ1n) is 3.63. The Balaban J connectivity index is 0.000000845. The molecule has 0 saturated carbocycles. The minimum Gasteiger partial charge on any atom is -0.399 e. The Hall–Kier alpha value is -1.48. The second-order valence-corrected chi connectivity index (χ2v) is 2.67. The first-order chi connectivity index (χ1) is 5.81. The van der Waals surface area contributed by atoms with E-state index >= 15 is 0 Å². The number of nitrogens with one attached hydrogen (secondary N) is 1. The van der Waals surface area contributed by atoms with Crippen molar-refractivity contribution in [3.8, 4) is 0 Å². The predicted molar refractivity (Wildman–Crippen MR) is 55.3 cm³/mol. The average Bonchev–Trinajstić information content (AvgIpc) is 2.46. The predicted octanol–water partition coefficient (Wildman–Crippen LogP) is 1.98. The van der Waals surface area contributed by atoms with E-state index in [2.05, 4.69) is 4.98 Å². The number of hydrogen-bond acceptors (Lipinski definition) is 2. The smallest absolute Gasteiger partial charge is 0.152 e. The maximum atomic E-state index is 10.5. The van der Waals surface area contributed by atoms with Gasteiger partial charge in [0.25, 0.3) is 0 Å². The molecule has 3 N–H and O–H groups in total. The summed E-state index contributed by atoms with van der Waals surface area (Å²) in [7, 11) is 0. The standard InChI is InChI=1S/C9H8N2O.ClH/c10-7-1-2-9-8(3-7)6(5-12)4-11-9;/h1-5,11H,10H2;1H. The minimum absolute atomic E-state index is 0. The van der Waals surface area contributed by atoms with Gasteiger partial charge in [-0.2, -0.15) is 0 Å². The van der Waals surface area contributed by atoms with E-state index in [9.17, 15) is 4.79 Å². The molecule has 2 rings (SSSR count). The lowest BCUT2D eigenvalue weighted by Gasteiger charge is -1.92. The van der Waals surface area contributed by atoms with E-state index in [1.54, 1.807) is 18.3 Å². The van der Waals surface area contributed by atoms with Gasteiger partial charge >= 0.3 is 0 Å². The quantitative estimate of drug-likeness (QED) is 0.541. The number of nitrogens with two attached hydrogens (primary N) is 1. The van der Waals surface area contributed by atoms with Crippen LogP contribution in [0.15, 0.2) is 24.4 Å². The molecular formula is C9H9ClN2O. The van der Waals surface area contributed by atoms with Crippen LogP contribution in [0, 0.1) is 0 Å². The Morgan fingerprint density at radius 3 is 2.85 bits per heavy atom. The fraction of sp³-hybridized carbons (Fsp3) is 0. The number of aromatic amines is 1. The van der Waals surface area contributed by atoms with Crippen LogP contribution in [0.2, 0.25) is 0 Å². The normalized spacial score (nSPS) is 9.54. The van der Waals surface area contributed by atoms with Gasteiger partial charge in [-0.1, -0.05) is 0 Å². The first-order valence-corrected chi connectivity index (χ1v) is 3.63. The zero-order valence-corrected chi connectivity index (χ0v) is 7.60. The zero-order valence-electron chi connectivity index (χ0n) is 6.78. The molecule has 0 atom stereocenters. The fourth-order valence-electron chi connectivity index (χ4n) is 1.26. The molecule has 0 amide bonds. The highest BCUT2D eigenvalue weighted by Gasteiger charge is 2.01. The lowest BCUT2D eigenvalue weighted by Crippen LogP contribution is -1.83. The van der Waals surface area contributed by atoms with Gasteiger partial charge in [-0.15, -0.1) is 12.4 Å². The van der Waals surface area contributed by atoms with Crippen LogP contribution in [0.3, 0.4) is 0 Å². The molecule has 1 heterocycles. The van der Waals surface area contributed by atoms with Gasteiger partial charge in [-0.05, 0) is 18.2 Å². The van der Waals surface area contributed by atoms with Crippen LogP contribution < -0.4 is 5.73 Å². The molecule has 1 aromatic carbocycles. The van der Waals surface area contributed by atoms with Crippen LogP contribution in [0.25, 0.3) is 10.9 Å². The summed E-state index contributed by atoms with van der Waals surface area (Å²) >= 11 is 0. The molecule has 0 radical (unpaired) electrons. The van der Waals surface area contributed by atoms with E-state index in [1.807, 2.05) is 6.07 Å². The molecule has 0 fully saturated rings. The molecule has 0 aliphatic rings. The van der Waals surface area contributed by atoms with Gasteiger partial charge in [0.1, 0.15) is 0 Å². The van der Waals surface area contributed by atoms with Gasteiger partial charge in [-0.3, -0.25) is 4.79 Å². The number of anilines is 1. The number of aromatic nitrogens is 1. The number of aldehydes is 1. The number of hydrogen-bond donors (Lipinski definition) is 2. The number of fused-ring (bicyclic) bond motifs is 1. The topological polar surface area (TPSA) is 58.9 Å². The van der Waals surface area contributed by atoms with Crippen molar-refractivity contribution in [3.05, 3.63) is 30.0 Å². The molecule has 1 aromatic heterocycles. The van der Waals surface area contributed by atoms with E-state index in [1.165, 1.54) is 0 Å². The maximum Gasteiger partial charge on any atom is 0.152 e. The van der Waals surface area contributed by atoms with Gasteiger partial charge in [-0.25, -0.2) is 0 Å². The monoisotopic (exact) mass is 196 g/mol. The van der Waals surface area contributed by atoms with Crippen molar-refractivity contribution in [1.82, 2.24) is 4.98 Å². The Labute approximate surface area is 81.3 Å². The molecular weight excluding hydrogens is 188 g/mol. The Kier molecular flexibility index (Phi) is 2.58. The Bertz CT molecular complexity index is 436. The third-order valence-corrected chi connectivity index (χ3v) is 1.86. The molecule has 3 nitrogen and oxygen atoms in total. The molecule has 0 saturated heterocycles. The number of carbonyl (C=O) groups excluding carboxylic acids is 1. The SMILES string of the molecule is Cl.Nc1ccc2[nH]cc(C=O)c2c1. The summed E-state index contributed by atoms with van der Waals surface area (Å²) in [6.07, 6.45) is 2.50. The summed E-state index contributed by atoms with van der Waals surface area (Å²) in [6, 6.07) is 5.45. The maximum absolute atomic E-state index is 10.5. The van der Waals surface area contributed by atoms with Gasteiger partial charge in [0.15, 0.2) is 6.29 Å². The van der Waals surface area contributed by atoms with Crippen molar-refractivity contribution >= 4 is 35.3 Å². The molecule has 0 bridgehead atoms. The average molecular weight is 197 g/mol. The Morgan fingerprint density at radius 1 is 1.38 bits per heavy atom. The summed E-state index contributed by atoms with van der Waals surface area (Å²) in [4.78, 5) is 13.5. The third-order valence-electron chi connectivity index (χ3n) is 1.86. The molecule has 0 spiro atoms. The lowest BCUT2D eigenvalue weighted by molar-refractivity contribution is 0.112. The highest BCUT2D eigenvalue weighted by molar-refractivity contribution is 5.98. The van der Waals surface area contributed by atoms with E-state index in [0.717, 1.165) is 17.2 Å². The molecule has 68 valence electrons. The molecule has 2 aromatic rings. The molecule has 13 heavy (non-hydrogen) atoms. The number of nitrogen functional groups attached to an aromatic ring is 1. The summed E-state index contributed by atoms with van der Waals surface area (Å²) in [5.74, 6) is 0. The van der Waals surface area contributed by atoms with E-state index in [0.29, 0.717) is 11.3 Å². The summed E-state index contributed by atoms with van der Waals surface area (Å²) in [6.45, 7) is 0. The molecule has 0 aliphatic heterocycles. The minimum atomic E-state index is 0. The number of carbonyl (C=O) groups is 1. The van der Waals surface area contributed by atoms with Gasteiger partial charge in [0.05, 0.1) is 0 Å². The second-order valence-electron chi connectivity index (χ2n) is 2.67. The number of benzene rings is 1. The molecule has 0 aliphatic carbocycles. The van der Waals surface area contributed by atoms with Crippen molar-refractivity contribution in [2.45, 2.75) is 0 Å². The molecule has 4 heteroatoms. The number of rotatable bonds is 1. The van der Waals surface area contributed by atoms with Crippen LogP contribution in [-0.2, 0) is 0 Å². The van der Waals surface area contributed by atoms with Crippen LogP contribution >= 0.6 is 12.4 Å². The van der Waals surface area contributed by atoms with Crippen molar-refractivity contribution in [2.24, 2.45) is 0 Å². The van der Waals surface area contributed by atoms with Crippen molar-refractivity contribution in [3.63, 3.8) is 0 Å². The van der Waals surface area contributed by atoms with Crippen LogP contribution in [0.4, 0.5) is 5.69 Å². The highest BCUT2D eigenvalue weighted by Crippen LogP contribution is 2.19. The van der Waals surface area contributed by atoms with Crippen molar-refractivity contribution in [1.29, 1.82) is 0 Å². The van der Waals surface area contributed by atoms with Crippen LogP contribution in [-0.4, -0.2) is 11.3 Å². The van der Waals surface area contributed by atoms with Crippen LogP contribution in [0.5, 0.6) is 0 Å². The fourth-order valence-corrected chi connectivity index (χ4v) is 1.26. The summed E-state index contributed by atoms with van der Waals surface area (Å²) in [5.41, 5.74) is 7.83. The number of H-pyrrole nitrogens is 1. The number of halogens is 1. The first kappa shape index (κ1) is 9.61.